The van der Waals surface area contributed by atoms with Gasteiger partial charge in [0.05, 0.1) is 11.8 Å². The molecular formula is C13H15ClN4O. The first-order chi connectivity index (χ1) is 9.11. The maximum Gasteiger partial charge on any atom is 0.256 e. The Morgan fingerprint density at radius 1 is 1.53 bits per heavy atom. The number of nitrogens with zero attached hydrogens (tertiary/aromatic N) is 2. The van der Waals surface area contributed by atoms with Gasteiger partial charge in [0.15, 0.2) is 0 Å². The molecule has 0 spiro atoms. The molecule has 2 aromatic rings. The Labute approximate surface area is 116 Å². The number of anilines is 1. The third-order valence-electron chi connectivity index (χ3n) is 2.80. The van der Waals surface area contributed by atoms with Crippen LogP contribution in [0.2, 0.25) is 5.02 Å². The first-order valence-corrected chi connectivity index (χ1v) is 6.20. The van der Waals surface area contributed by atoms with Gasteiger partial charge in [0.1, 0.15) is 0 Å². The maximum absolute atomic E-state index is 12.4. The number of carbonyl (C=O) groups is 1. The van der Waals surface area contributed by atoms with Crippen LogP contribution in [0.5, 0.6) is 0 Å². The van der Waals surface area contributed by atoms with Gasteiger partial charge in [0, 0.05) is 43.1 Å². The summed E-state index contributed by atoms with van der Waals surface area (Å²) < 4.78 is 0. The van der Waals surface area contributed by atoms with Crippen LogP contribution in [0, 0.1) is 0 Å². The summed E-state index contributed by atoms with van der Waals surface area (Å²) in [6.45, 7) is 0.491. The molecule has 0 saturated heterocycles. The zero-order chi connectivity index (χ0) is 13.8. The first-order valence-electron chi connectivity index (χ1n) is 5.82. The molecule has 1 heterocycles. The number of H-pyrrole nitrogens is 1. The number of rotatable bonds is 4. The molecule has 0 bridgehead atoms. The fourth-order valence-electron chi connectivity index (χ4n) is 1.83. The SMILES string of the molecule is CNc1ccc(Cl)cc1C(=O)N(C)Cc1cn[nH]c1. The van der Waals surface area contributed by atoms with Crippen molar-refractivity contribution in [1.82, 2.24) is 15.1 Å². The van der Waals surface area contributed by atoms with Crippen LogP contribution in [0.3, 0.4) is 0 Å². The van der Waals surface area contributed by atoms with E-state index in [4.69, 9.17) is 11.6 Å². The maximum atomic E-state index is 12.4. The number of hydrogen-bond donors (Lipinski definition) is 2. The molecule has 0 radical (unpaired) electrons. The first kappa shape index (κ1) is 13.4. The summed E-state index contributed by atoms with van der Waals surface area (Å²) in [6, 6.07) is 5.21. The minimum absolute atomic E-state index is 0.0898. The third kappa shape index (κ3) is 3.06. The van der Waals surface area contributed by atoms with E-state index in [0.29, 0.717) is 17.1 Å². The van der Waals surface area contributed by atoms with Gasteiger partial charge in [0.25, 0.3) is 5.91 Å². The fraction of sp³-hybridized carbons (Fsp3) is 0.231. The van der Waals surface area contributed by atoms with Crippen molar-refractivity contribution >= 4 is 23.2 Å². The topological polar surface area (TPSA) is 61.0 Å². The van der Waals surface area contributed by atoms with Gasteiger partial charge in [-0.3, -0.25) is 9.89 Å². The minimum atomic E-state index is -0.0898. The van der Waals surface area contributed by atoms with Crippen molar-refractivity contribution in [1.29, 1.82) is 0 Å². The van der Waals surface area contributed by atoms with Crippen LogP contribution in [0.15, 0.2) is 30.6 Å². The van der Waals surface area contributed by atoms with Gasteiger partial charge in [-0.05, 0) is 18.2 Å². The predicted octanol–water partition coefficient (Wildman–Crippen LogP) is 2.38. The van der Waals surface area contributed by atoms with Gasteiger partial charge in [-0.25, -0.2) is 0 Å². The van der Waals surface area contributed by atoms with Crippen molar-refractivity contribution in [3.8, 4) is 0 Å². The summed E-state index contributed by atoms with van der Waals surface area (Å²) in [6.07, 6.45) is 3.46. The fourth-order valence-corrected chi connectivity index (χ4v) is 2.00. The molecule has 0 atom stereocenters. The highest BCUT2D eigenvalue weighted by molar-refractivity contribution is 6.31. The normalized spacial score (nSPS) is 10.3. The van der Waals surface area contributed by atoms with Crippen LogP contribution in [0.4, 0.5) is 5.69 Å². The van der Waals surface area contributed by atoms with Crippen LogP contribution in [-0.4, -0.2) is 35.1 Å². The molecular weight excluding hydrogens is 264 g/mol. The summed E-state index contributed by atoms with van der Waals surface area (Å²) >= 11 is 5.95. The molecule has 0 aliphatic carbocycles. The largest absolute Gasteiger partial charge is 0.387 e. The molecule has 1 amide bonds. The van der Waals surface area contributed by atoms with Gasteiger partial charge < -0.3 is 10.2 Å². The summed E-state index contributed by atoms with van der Waals surface area (Å²) in [4.78, 5) is 14.0. The summed E-state index contributed by atoms with van der Waals surface area (Å²) in [5.74, 6) is -0.0898. The van der Waals surface area contributed by atoms with Crippen LogP contribution in [0.25, 0.3) is 0 Å². The smallest absolute Gasteiger partial charge is 0.256 e. The highest BCUT2D eigenvalue weighted by atomic mass is 35.5. The van der Waals surface area contributed by atoms with Gasteiger partial charge >= 0.3 is 0 Å². The lowest BCUT2D eigenvalue weighted by atomic mass is 10.1. The number of carbonyl (C=O) groups excluding carboxylic acids is 1. The molecule has 0 aliphatic heterocycles. The van der Waals surface area contributed by atoms with Crippen molar-refractivity contribution in [2.75, 3.05) is 19.4 Å². The van der Waals surface area contributed by atoms with Gasteiger partial charge in [-0.1, -0.05) is 11.6 Å². The minimum Gasteiger partial charge on any atom is -0.387 e. The molecule has 1 aromatic carbocycles. The number of aromatic amines is 1. The van der Waals surface area contributed by atoms with Crippen LogP contribution < -0.4 is 5.32 Å². The molecule has 6 heteroatoms. The van der Waals surface area contributed by atoms with E-state index >= 15 is 0 Å². The Hall–Kier alpha value is -2.01. The van der Waals surface area contributed by atoms with E-state index in [1.54, 1.807) is 49.6 Å². The van der Waals surface area contributed by atoms with E-state index in [1.807, 2.05) is 0 Å². The molecule has 2 rings (SSSR count). The van der Waals surface area contributed by atoms with E-state index in [-0.39, 0.29) is 5.91 Å². The molecule has 2 N–H and O–H groups in total. The Morgan fingerprint density at radius 3 is 2.95 bits per heavy atom. The Bertz CT molecular complexity index is 568. The lowest BCUT2D eigenvalue weighted by Gasteiger charge is -2.18. The van der Waals surface area contributed by atoms with E-state index < -0.39 is 0 Å². The van der Waals surface area contributed by atoms with Crippen molar-refractivity contribution < 1.29 is 4.79 Å². The summed E-state index contributed by atoms with van der Waals surface area (Å²) in [7, 11) is 3.52. The average Bonchev–Trinajstić information content (AvgIpc) is 2.90. The van der Waals surface area contributed by atoms with Gasteiger partial charge in [0.2, 0.25) is 0 Å². The monoisotopic (exact) mass is 278 g/mol. The number of aromatic nitrogens is 2. The molecule has 5 nitrogen and oxygen atoms in total. The quantitative estimate of drug-likeness (QED) is 0.903. The lowest BCUT2D eigenvalue weighted by Crippen LogP contribution is -2.26. The molecule has 0 fully saturated rings. The number of amides is 1. The molecule has 19 heavy (non-hydrogen) atoms. The second kappa shape index (κ2) is 5.75. The highest BCUT2D eigenvalue weighted by Crippen LogP contribution is 2.22. The Morgan fingerprint density at radius 2 is 2.32 bits per heavy atom. The number of benzene rings is 1. The highest BCUT2D eigenvalue weighted by Gasteiger charge is 2.16. The summed E-state index contributed by atoms with van der Waals surface area (Å²) in [5, 5.41) is 10.1. The van der Waals surface area contributed by atoms with Crippen molar-refractivity contribution in [3.05, 3.63) is 46.7 Å². The van der Waals surface area contributed by atoms with Crippen LogP contribution in [0.1, 0.15) is 15.9 Å². The van der Waals surface area contributed by atoms with Crippen molar-refractivity contribution in [2.45, 2.75) is 6.54 Å². The average molecular weight is 279 g/mol. The van der Waals surface area contributed by atoms with Crippen molar-refractivity contribution in [3.63, 3.8) is 0 Å². The number of hydrogen-bond acceptors (Lipinski definition) is 3. The summed E-state index contributed by atoms with van der Waals surface area (Å²) in [5.41, 5.74) is 2.26. The zero-order valence-electron chi connectivity index (χ0n) is 10.8. The standard InChI is InChI=1S/C13H15ClN4O/c1-15-12-4-3-10(14)5-11(12)13(19)18(2)8-9-6-16-17-7-9/h3-7,15H,8H2,1-2H3,(H,16,17). The lowest BCUT2D eigenvalue weighted by molar-refractivity contribution is 0.0786. The van der Waals surface area contributed by atoms with E-state index in [2.05, 4.69) is 15.5 Å². The van der Waals surface area contributed by atoms with E-state index in [9.17, 15) is 4.79 Å². The Balaban J connectivity index is 2.21. The third-order valence-corrected chi connectivity index (χ3v) is 3.04. The molecule has 100 valence electrons. The van der Waals surface area contributed by atoms with Gasteiger partial charge in [-0.2, -0.15) is 5.10 Å². The second-order valence-electron chi connectivity index (χ2n) is 4.21. The molecule has 1 aromatic heterocycles. The van der Waals surface area contributed by atoms with E-state index in [0.717, 1.165) is 11.3 Å². The van der Waals surface area contributed by atoms with Gasteiger partial charge in [-0.15, -0.1) is 0 Å². The number of nitrogens with one attached hydrogen (secondary N) is 2. The molecule has 0 aliphatic rings. The number of halogens is 1. The van der Waals surface area contributed by atoms with Crippen LogP contribution >= 0.6 is 11.6 Å². The second-order valence-corrected chi connectivity index (χ2v) is 4.64. The van der Waals surface area contributed by atoms with E-state index in [1.165, 1.54) is 0 Å². The molecule has 0 unspecified atom stereocenters. The Kier molecular flexibility index (Phi) is 4.06. The zero-order valence-corrected chi connectivity index (χ0v) is 11.5. The predicted molar refractivity (Wildman–Crippen MR) is 75.4 cm³/mol. The molecule has 0 saturated carbocycles. The van der Waals surface area contributed by atoms with Crippen molar-refractivity contribution in [2.24, 2.45) is 0 Å². The van der Waals surface area contributed by atoms with Crippen LogP contribution in [-0.2, 0) is 6.54 Å².